The molecule has 80 valence electrons. The Morgan fingerprint density at radius 1 is 1.67 bits per heavy atom. The zero-order chi connectivity index (χ0) is 11.0. The highest BCUT2D eigenvalue weighted by molar-refractivity contribution is 6.30. The molecular weight excluding hydrogens is 216 g/mol. The Hall–Kier alpha value is -1.36. The lowest BCUT2D eigenvalue weighted by Crippen LogP contribution is -2.55. The third kappa shape index (κ3) is 1.63. The maximum atomic E-state index is 11.1. The van der Waals surface area contributed by atoms with Gasteiger partial charge in [-0.05, 0) is 13.3 Å². The molecule has 1 aromatic rings. The SMILES string of the molecule is Cc1c(Cl)ncnc1N1CCC1C(N)=O. The van der Waals surface area contributed by atoms with Gasteiger partial charge < -0.3 is 10.6 Å². The molecular formula is C9H11ClN4O. The second-order valence-corrected chi connectivity index (χ2v) is 3.87. The van der Waals surface area contributed by atoms with Gasteiger partial charge in [-0.2, -0.15) is 0 Å². The number of rotatable bonds is 2. The first-order chi connectivity index (χ1) is 7.11. The molecule has 0 aromatic carbocycles. The van der Waals surface area contributed by atoms with Crippen LogP contribution in [0.1, 0.15) is 12.0 Å². The summed E-state index contributed by atoms with van der Waals surface area (Å²) >= 11 is 5.87. The molecule has 1 aliphatic rings. The Morgan fingerprint density at radius 3 is 2.93 bits per heavy atom. The number of hydrogen-bond acceptors (Lipinski definition) is 4. The molecule has 0 radical (unpaired) electrons. The largest absolute Gasteiger partial charge is 0.368 e. The standard InChI is InChI=1S/C9H11ClN4O/c1-5-7(10)12-4-13-9(5)14-3-2-6(14)8(11)15/h4,6H,2-3H2,1H3,(H2,11,15). The third-order valence-corrected chi connectivity index (χ3v) is 3.00. The fourth-order valence-electron chi connectivity index (χ4n) is 1.65. The number of carbonyl (C=O) groups excluding carboxylic acids is 1. The highest BCUT2D eigenvalue weighted by Crippen LogP contribution is 2.29. The fourth-order valence-corrected chi connectivity index (χ4v) is 1.77. The first kappa shape index (κ1) is 10.2. The summed E-state index contributed by atoms with van der Waals surface area (Å²) in [7, 11) is 0. The lowest BCUT2D eigenvalue weighted by Gasteiger charge is -2.40. The quantitative estimate of drug-likeness (QED) is 0.746. The summed E-state index contributed by atoms with van der Waals surface area (Å²) in [6, 6.07) is -0.255. The topological polar surface area (TPSA) is 72.1 Å². The minimum Gasteiger partial charge on any atom is -0.368 e. The van der Waals surface area contributed by atoms with Crippen LogP contribution in [0, 0.1) is 6.92 Å². The molecule has 15 heavy (non-hydrogen) atoms. The Balaban J connectivity index is 2.31. The molecule has 1 amide bonds. The normalized spacial score (nSPS) is 19.9. The van der Waals surface area contributed by atoms with Crippen LogP contribution in [0.3, 0.4) is 0 Å². The third-order valence-electron chi connectivity index (χ3n) is 2.62. The first-order valence-electron chi connectivity index (χ1n) is 4.64. The second kappa shape index (κ2) is 3.66. The molecule has 0 bridgehead atoms. The van der Waals surface area contributed by atoms with Crippen LogP contribution in [0.25, 0.3) is 0 Å². The molecule has 5 nitrogen and oxygen atoms in total. The molecule has 2 rings (SSSR count). The van der Waals surface area contributed by atoms with E-state index in [1.54, 1.807) is 0 Å². The number of nitrogens with two attached hydrogens (primary N) is 1. The van der Waals surface area contributed by atoms with E-state index in [9.17, 15) is 4.79 Å². The van der Waals surface area contributed by atoms with Gasteiger partial charge in [-0.15, -0.1) is 0 Å². The molecule has 1 aliphatic heterocycles. The maximum absolute atomic E-state index is 11.1. The van der Waals surface area contributed by atoms with Gasteiger partial charge in [-0.3, -0.25) is 4.79 Å². The Kier molecular flexibility index (Phi) is 2.48. The fraction of sp³-hybridized carbons (Fsp3) is 0.444. The first-order valence-corrected chi connectivity index (χ1v) is 5.02. The van der Waals surface area contributed by atoms with Gasteiger partial charge in [0.15, 0.2) is 0 Å². The summed E-state index contributed by atoms with van der Waals surface area (Å²) in [6.45, 7) is 2.61. The van der Waals surface area contributed by atoms with Crippen LogP contribution in [0.4, 0.5) is 5.82 Å². The van der Waals surface area contributed by atoms with Gasteiger partial charge >= 0.3 is 0 Å². The molecule has 1 saturated heterocycles. The van der Waals surface area contributed by atoms with Gasteiger partial charge in [0.05, 0.1) is 0 Å². The van der Waals surface area contributed by atoms with Crippen LogP contribution in [0.15, 0.2) is 6.33 Å². The zero-order valence-corrected chi connectivity index (χ0v) is 9.03. The Bertz CT molecular complexity index is 409. The number of hydrogen-bond donors (Lipinski definition) is 1. The van der Waals surface area contributed by atoms with Crippen molar-refractivity contribution >= 4 is 23.3 Å². The lowest BCUT2D eigenvalue weighted by molar-refractivity contribution is -0.120. The zero-order valence-electron chi connectivity index (χ0n) is 8.27. The van der Waals surface area contributed by atoms with Gasteiger partial charge in [0, 0.05) is 12.1 Å². The van der Waals surface area contributed by atoms with E-state index in [2.05, 4.69) is 9.97 Å². The van der Waals surface area contributed by atoms with E-state index in [4.69, 9.17) is 17.3 Å². The van der Waals surface area contributed by atoms with E-state index in [0.717, 1.165) is 18.5 Å². The summed E-state index contributed by atoms with van der Waals surface area (Å²) < 4.78 is 0. The smallest absolute Gasteiger partial charge is 0.240 e. The van der Waals surface area contributed by atoms with Crippen molar-refractivity contribution in [3.05, 3.63) is 17.0 Å². The Morgan fingerprint density at radius 2 is 2.40 bits per heavy atom. The highest BCUT2D eigenvalue weighted by atomic mass is 35.5. The molecule has 2 heterocycles. The van der Waals surface area contributed by atoms with Crippen molar-refractivity contribution in [2.24, 2.45) is 5.73 Å². The summed E-state index contributed by atoms with van der Waals surface area (Å²) in [5.74, 6) is 0.375. The van der Waals surface area contributed by atoms with Crippen molar-refractivity contribution in [2.75, 3.05) is 11.4 Å². The van der Waals surface area contributed by atoms with E-state index >= 15 is 0 Å². The van der Waals surface area contributed by atoms with Crippen molar-refractivity contribution in [2.45, 2.75) is 19.4 Å². The van der Waals surface area contributed by atoms with Crippen molar-refractivity contribution in [1.82, 2.24) is 9.97 Å². The van der Waals surface area contributed by atoms with Crippen LogP contribution >= 0.6 is 11.6 Å². The predicted octanol–water partition coefficient (Wildman–Crippen LogP) is 0.502. The van der Waals surface area contributed by atoms with E-state index in [1.165, 1.54) is 6.33 Å². The maximum Gasteiger partial charge on any atom is 0.240 e. The molecule has 0 spiro atoms. The number of aromatic nitrogens is 2. The van der Waals surface area contributed by atoms with Crippen LogP contribution in [0.2, 0.25) is 5.15 Å². The number of carbonyl (C=O) groups is 1. The molecule has 1 aromatic heterocycles. The van der Waals surface area contributed by atoms with E-state index < -0.39 is 0 Å². The lowest BCUT2D eigenvalue weighted by atomic mass is 10.0. The molecule has 1 fully saturated rings. The average molecular weight is 227 g/mol. The summed E-state index contributed by atoms with van der Waals surface area (Å²) in [4.78, 5) is 20.9. The number of halogens is 1. The molecule has 1 unspecified atom stereocenters. The van der Waals surface area contributed by atoms with Crippen molar-refractivity contribution in [3.63, 3.8) is 0 Å². The molecule has 6 heteroatoms. The predicted molar refractivity (Wildman–Crippen MR) is 56.7 cm³/mol. The van der Waals surface area contributed by atoms with Crippen molar-refractivity contribution in [3.8, 4) is 0 Å². The van der Waals surface area contributed by atoms with E-state index in [-0.39, 0.29) is 11.9 Å². The average Bonchev–Trinajstić information content (AvgIpc) is 2.10. The molecule has 0 saturated carbocycles. The van der Waals surface area contributed by atoms with Gasteiger partial charge in [-0.1, -0.05) is 11.6 Å². The second-order valence-electron chi connectivity index (χ2n) is 3.51. The van der Waals surface area contributed by atoms with Gasteiger partial charge in [0.25, 0.3) is 0 Å². The summed E-state index contributed by atoms with van der Waals surface area (Å²) in [6.07, 6.45) is 2.16. The molecule has 1 atom stereocenters. The molecule has 2 N–H and O–H groups in total. The van der Waals surface area contributed by atoms with E-state index in [0.29, 0.717) is 11.0 Å². The van der Waals surface area contributed by atoms with E-state index in [1.807, 2.05) is 11.8 Å². The summed E-state index contributed by atoms with van der Waals surface area (Å²) in [5.41, 5.74) is 6.04. The van der Waals surface area contributed by atoms with Crippen LogP contribution in [-0.2, 0) is 4.79 Å². The van der Waals surface area contributed by atoms with Gasteiger partial charge in [0.2, 0.25) is 5.91 Å². The Labute approximate surface area is 92.3 Å². The highest BCUT2D eigenvalue weighted by Gasteiger charge is 2.34. The monoisotopic (exact) mass is 226 g/mol. The number of amides is 1. The van der Waals surface area contributed by atoms with Crippen LogP contribution in [-0.4, -0.2) is 28.5 Å². The van der Waals surface area contributed by atoms with Crippen molar-refractivity contribution < 1.29 is 4.79 Å². The molecule has 0 aliphatic carbocycles. The van der Waals surface area contributed by atoms with Crippen LogP contribution in [0.5, 0.6) is 0 Å². The number of primary amides is 1. The summed E-state index contributed by atoms with van der Waals surface area (Å²) in [5, 5.41) is 0.412. The van der Waals surface area contributed by atoms with Crippen molar-refractivity contribution in [1.29, 1.82) is 0 Å². The minimum absolute atomic E-state index is 0.255. The minimum atomic E-state index is -0.324. The number of anilines is 1. The van der Waals surface area contributed by atoms with Gasteiger partial charge in [-0.25, -0.2) is 9.97 Å². The van der Waals surface area contributed by atoms with Gasteiger partial charge in [0.1, 0.15) is 23.3 Å². The van der Waals surface area contributed by atoms with Crippen LogP contribution < -0.4 is 10.6 Å². The number of nitrogens with zero attached hydrogens (tertiary/aromatic N) is 3.